The highest BCUT2D eigenvalue weighted by Gasteiger charge is 2.03. The monoisotopic (exact) mass is 312 g/mol. The second kappa shape index (κ2) is 7.93. The summed E-state index contributed by atoms with van der Waals surface area (Å²) in [4.78, 5) is 0. The first kappa shape index (κ1) is 15.7. The molecule has 0 aliphatic rings. The fourth-order valence-electron chi connectivity index (χ4n) is 1.87. The van der Waals surface area contributed by atoms with Crippen LogP contribution in [-0.2, 0) is 6.54 Å². The van der Waals surface area contributed by atoms with E-state index >= 15 is 0 Å². The van der Waals surface area contributed by atoms with Crippen LogP contribution in [0.3, 0.4) is 0 Å². The van der Waals surface area contributed by atoms with Crippen molar-refractivity contribution in [1.82, 2.24) is 10.6 Å². The second-order valence-electron chi connectivity index (χ2n) is 5.47. The first-order valence-electron chi connectivity index (χ1n) is 6.67. The Kier molecular flexibility index (Phi) is 6.90. The maximum Gasteiger partial charge on any atom is 0.0209 e. The Morgan fingerprint density at radius 3 is 2.44 bits per heavy atom. The molecule has 0 fully saturated rings. The lowest BCUT2D eigenvalue weighted by molar-refractivity contribution is 0.472. The van der Waals surface area contributed by atoms with Crippen molar-refractivity contribution >= 4 is 15.9 Å². The molecule has 2 N–H and O–H groups in total. The van der Waals surface area contributed by atoms with Crippen LogP contribution in [0.25, 0.3) is 0 Å². The molecule has 3 heteroatoms. The van der Waals surface area contributed by atoms with Crippen molar-refractivity contribution in [2.24, 2.45) is 5.92 Å². The third-order valence-corrected chi connectivity index (χ3v) is 3.22. The lowest BCUT2D eigenvalue weighted by Crippen LogP contribution is -2.37. The molecule has 1 rings (SSSR count). The van der Waals surface area contributed by atoms with E-state index in [1.165, 1.54) is 11.1 Å². The van der Waals surface area contributed by atoms with Gasteiger partial charge in [0.05, 0.1) is 0 Å². The maximum absolute atomic E-state index is 3.54. The minimum atomic E-state index is 0.489. The molecule has 1 atom stereocenters. The van der Waals surface area contributed by atoms with Crippen LogP contribution in [0.2, 0.25) is 0 Å². The first-order chi connectivity index (χ1) is 8.47. The van der Waals surface area contributed by atoms with Crippen molar-refractivity contribution in [2.45, 2.75) is 40.3 Å². The summed E-state index contributed by atoms with van der Waals surface area (Å²) in [6.07, 6.45) is 0. The van der Waals surface area contributed by atoms with E-state index in [0.29, 0.717) is 12.0 Å². The SMILES string of the molecule is Cc1cc(Br)cc(CNC(C)CNCC(C)C)c1. The Morgan fingerprint density at radius 1 is 1.11 bits per heavy atom. The predicted molar refractivity (Wildman–Crippen MR) is 82.9 cm³/mol. The molecule has 0 heterocycles. The topological polar surface area (TPSA) is 24.1 Å². The Balaban J connectivity index is 2.31. The van der Waals surface area contributed by atoms with Gasteiger partial charge >= 0.3 is 0 Å². The molecule has 0 radical (unpaired) electrons. The Morgan fingerprint density at radius 2 is 1.83 bits per heavy atom. The fourth-order valence-corrected chi connectivity index (χ4v) is 2.52. The molecule has 0 aliphatic heterocycles. The largest absolute Gasteiger partial charge is 0.315 e. The van der Waals surface area contributed by atoms with E-state index in [4.69, 9.17) is 0 Å². The molecule has 102 valence electrons. The van der Waals surface area contributed by atoms with E-state index in [2.05, 4.69) is 72.5 Å². The summed E-state index contributed by atoms with van der Waals surface area (Å²) < 4.78 is 1.16. The number of aryl methyl sites for hydroxylation is 1. The second-order valence-corrected chi connectivity index (χ2v) is 6.39. The van der Waals surface area contributed by atoms with Gasteiger partial charge in [0.2, 0.25) is 0 Å². The number of halogens is 1. The van der Waals surface area contributed by atoms with Gasteiger partial charge in [0.1, 0.15) is 0 Å². The molecule has 0 aromatic heterocycles. The predicted octanol–water partition coefficient (Wildman–Crippen LogP) is 3.48. The van der Waals surface area contributed by atoms with Gasteiger partial charge < -0.3 is 10.6 Å². The summed E-state index contributed by atoms with van der Waals surface area (Å²) >= 11 is 3.54. The molecule has 0 bridgehead atoms. The van der Waals surface area contributed by atoms with Crippen molar-refractivity contribution in [3.8, 4) is 0 Å². The Labute approximate surface area is 120 Å². The van der Waals surface area contributed by atoms with Gasteiger partial charge in [0.25, 0.3) is 0 Å². The van der Waals surface area contributed by atoms with Gasteiger partial charge in [-0.3, -0.25) is 0 Å². The highest BCUT2D eigenvalue weighted by Crippen LogP contribution is 2.15. The quantitative estimate of drug-likeness (QED) is 0.805. The zero-order valence-electron chi connectivity index (χ0n) is 11.9. The van der Waals surface area contributed by atoms with E-state index in [1.54, 1.807) is 0 Å². The van der Waals surface area contributed by atoms with Crippen molar-refractivity contribution in [3.05, 3.63) is 33.8 Å². The minimum absolute atomic E-state index is 0.489. The summed E-state index contributed by atoms with van der Waals surface area (Å²) in [6, 6.07) is 7.03. The van der Waals surface area contributed by atoms with Gasteiger partial charge in [-0.25, -0.2) is 0 Å². The lowest BCUT2D eigenvalue weighted by atomic mass is 10.1. The fraction of sp³-hybridized carbons (Fsp3) is 0.600. The van der Waals surface area contributed by atoms with Gasteiger partial charge in [-0.1, -0.05) is 35.8 Å². The third kappa shape index (κ3) is 6.53. The van der Waals surface area contributed by atoms with Crippen molar-refractivity contribution in [2.75, 3.05) is 13.1 Å². The molecule has 1 aromatic carbocycles. The Hall–Kier alpha value is -0.380. The molecule has 0 spiro atoms. The summed E-state index contributed by atoms with van der Waals surface area (Å²) in [5, 5.41) is 7.02. The molecule has 0 saturated heterocycles. The van der Waals surface area contributed by atoms with Crippen LogP contribution in [-0.4, -0.2) is 19.1 Å². The van der Waals surface area contributed by atoms with Crippen molar-refractivity contribution in [1.29, 1.82) is 0 Å². The number of rotatable bonds is 7. The van der Waals surface area contributed by atoms with Gasteiger partial charge in [-0.05, 0) is 49.6 Å². The molecule has 0 aliphatic carbocycles. The molecular formula is C15H25BrN2. The van der Waals surface area contributed by atoms with Crippen LogP contribution >= 0.6 is 15.9 Å². The van der Waals surface area contributed by atoms with E-state index in [0.717, 1.165) is 24.1 Å². The van der Waals surface area contributed by atoms with Gasteiger partial charge in [0.15, 0.2) is 0 Å². The van der Waals surface area contributed by atoms with Gasteiger partial charge in [-0.15, -0.1) is 0 Å². The average molecular weight is 313 g/mol. The zero-order valence-corrected chi connectivity index (χ0v) is 13.5. The standard InChI is InChI=1S/C15H25BrN2/c1-11(2)8-17-9-13(4)18-10-14-5-12(3)6-15(16)7-14/h5-7,11,13,17-18H,8-10H2,1-4H3. The van der Waals surface area contributed by atoms with Crippen LogP contribution in [0.5, 0.6) is 0 Å². The summed E-state index contributed by atoms with van der Waals surface area (Å²) in [5.41, 5.74) is 2.63. The molecule has 0 saturated carbocycles. The van der Waals surface area contributed by atoms with E-state index in [9.17, 15) is 0 Å². The molecule has 1 unspecified atom stereocenters. The zero-order chi connectivity index (χ0) is 13.5. The summed E-state index contributed by atoms with van der Waals surface area (Å²) in [6.45, 7) is 11.8. The van der Waals surface area contributed by atoms with Crippen LogP contribution in [0, 0.1) is 12.8 Å². The van der Waals surface area contributed by atoms with Crippen LogP contribution in [0.4, 0.5) is 0 Å². The van der Waals surface area contributed by atoms with Crippen LogP contribution < -0.4 is 10.6 Å². The lowest BCUT2D eigenvalue weighted by Gasteiger charge is -2.16. The summed E-state index contributed by atoms with van der Waals surface area (Å²) in [7, 11) is 0. The van der Waals surface area contributed by atoms with Crippen molar-refractivity contribution in [3.63, 3.8) is 0 Å². The average Bonchev–Trinajstić information content (AvgIpc) is 2.24. The number of hydrogen-bond acceptors (Lipinski definition) is 2. The van der Waals surface area contributed by atoms with Crippen LogP contribution in [0.1, 0.15) is 31.9 Å². The molecule has 0 amide bonds. The van der Waals surface area contributed by atoms with E-state index in [1.807, 2.05) is 0 Å². The Bertz CT molecular complexity index is 343. The van der Waals surface area contributed by atoms with E-state index in [-0.39, 0.29) is 0 Å². The highest BCUT2D eigenvalue weighted by molar-refractivity contribution is 9.10. The molecule has 1 aromatic rings. The maximum atomic E-state index is 3.54. The smallest absolute Gasteiger partial charge is 0.0209 e. The number of hydrogen-bond donors (Lipinski definition) is 2. The van der Waals surface area contributed by atoms with Crippen molar-refractivity contribution < 1.29 is 0 Å². The highest BCUT2D eigenvalue weighted by atomic mass is 79.9. The minimum Gasteiger partial charge on any atom is -0.315 e. The molecule has 18 heavy (non-hydrogen) atoms. The number of nitrogens with one attached hydrogen (secondary N) is 2. The first-order valence-corrected chi connectivity index (χ1v) is 7.47. The molecule has 2 nitrogen and oxygen atoms in total. The molecular weight excluding hydrogens is 288 g/mol. The normalized spacial score (nSPS) is 13.0. The van der Waals surface area contributed by atoms with Gasteiger partial charge in [0, 0.05) is 23.6 Å². The summed E-state index contributed by atoms with van der Waals surface area (Å²) in [5.74, 6) is 0.713. The van der Waals surface area contributed by atoms with E-state index < -0.39 is 0 Å². The third-order valence-electron chi connectivity index (χ3n) is 2.76. The number of benzene rings is 1. The van der Waals surface area contributed by atoms with Crippen LogP contribution in [0.15, 0.2) is 22.7 Å². The van der Waals surface area contributed by atoms with Gasteiger partial charge in [-0.2, -0.15) is 0 Å².